The number of hydrogen-bond donors (Lipinski definition) is 0. The number of allylic oxidation sites excluding steroid dienone is 1. The van der Waals surface area contributed by atoms with Crippen LogP contribution in [0.3, 0.4) is 0 Å². The van der Waals surface area contributed by atoms with Gasteiger partial charge in [-0.3, -0.25) is 19.5 Å². The van der Waals surface area contributed by atoms with E-state index >= 15 is 0 Å². The lowest BCUT2D eigenvalue weighted by molar-refractivity contribution is -0.384. The first-order valence-electron chi connectivity index (χ1n) is 13.3. The van der Waals surface area contributed by atoms with Crippen LogP contribution in [0, 0.1) is 10.1 Å². The Bertz CT molecular complexity index is 1790. The van der Waals surface area contributed by atoms with Crippen LogP contribution in [-0.2, 0) is 9.53 Å². The number of non-ortho nitro benzene ring substituents is 1. The zero-order valence-electron chi connectivity index (χ0n) is 23.5. The van der Waals surface area contributed by atoms with Gasteiger partial charge >= 0.3 is 5.97 Å². The third-order valence-electron chi connectivity index (χ3n) is 7.27. The van der Waals surface area contributed by atoms with Gasteiger partial charge < -0.3 is 19.1 Å². The van der Waals surface area contributed by atoms with Gasteiger partial charge in [-0.2, -0.15) is 0 Å². The van der Waals surface area contributed by atoms with E-state index in [4.69, 9.17) is 14.2 Å². The molecule has 0 bridgehead atoms. The first kappa shape index (κ1) is 29.5. The van der Waals surface area contributed by atoms with Crippen LogP contribution < -0.4 is 29.3 Å². The second kappa shape index (κ2) is 12.1. The number of methoxy groups -OCH3 is 2. The number of esters is 1. The molecule has 0 saturated carbocycles. The molecule has 220 valence electrons. The zero-order chi connectivity index (χ0) is 30.1. The number of benzene rings is 2. The van der Waals surface area contributed by atoms with Gasteiger partial charge in [0.2, 0.25) is 0 Å². The van der Waals surface area contributed by atoms with Crippen molar-refractivity contribution in [3.63, 3.8) is 0 Å². The highest BCUT2D eigenvalue weighted by molar-refractivity contribution is 9.10. The summed E-state index contributed by atoms with van der Waals surface area (Å²) in [7, 11) is 3.02. The molecule has 1 saturated heterocycles. The normalized spacial score (nSPS) is 16.7. The second-order valence-electron chi connectivity index (χ2n) is 9.73. The van der Waals surface area contributed by atoms with E-state index in [-0.39, 0.29) is 17.9 Å². The Morgan fingerprint density at radius 2 is 1.88 bits per heavy atom. The lowest BCUT2D eigenvalue weighted by Gasteiger charge is -2.26. The molecule has 0 aliphatic carbocycles. The van der Waals surface area contributed by atoms with E-state index in [1.807, 2.05) is 0 Å². The predicted octanol–water partition coefficient (Wildman–Crippen LogP) is 4.09. The van der Waals surface area contributed by atoms with Crippen molar-refractivity contribution in [2.75, 3.05) is 38.8 Å². The number of fused-ring (bicyclic) bond motifs is 1. The Labute approximate surface area is 253 Å². The minimum absolute atomic E-state index is 0.0652. The smallest absolute Gasteiger partial charge is 0.338 e. The van der Waals surface area contributed by atoms with Gasteiger partial charge in [-0.15, -0.1) is 0 Å². The molecule has 3 heterocycles. The minimum atomic E-state index is -0.889. The van der Waals surface area contributed by atoms with Crippen molar-refractivity contribution in [1.29, 1.82) is 0 Å². The predicted molar refractivity (Wildman–Crippen MR) is 162 cm³/mol. The number of carbonyl (C=O) groups excluding carboxylic acids is 1. The highest BCUT2D eigenvalue weighted by Crippen LogP contribution is 2.41. The second-order valence-corrected chi connectivity index (χ2v) is 11.6. The van der Waals surface area contributed by atoms with Crippen molar-refractivity contribution < 1.29 is 23.9 Å². The highest BCUT2D eigenvalue weighted by Gasteiger charge is 2.35. The molecule has 0 spiro atoms. The molecule has 1 aromatic heterocycles. The highest BCUT2D eigenvalue weighted by atomic mass is 79.9. The van der Waals surface area contributed by atoms with Crippen LogP contribution in [0.5, 0.6) is 11.5 Å². The third kappa shape index (κ3) is 5.34. The monoisotopic (exact) mass is 656 g/mol. The van der Waals surface area contributed by atoms with E-state index in [1.54, 1.807) is 38.1 Å². The number of carbonyl (C=O) groups is 1. The van der Waals surface area contributed by atoms with Crippen molar-refractivity contribution in [2.45, 2.75) is 32.7 Å². The number of anilines is 1. The molecule has 11 nitrogen and oxygen atoms in total. The maximum atomic E-state index is 14.2. The number of thiazole rings is 1. The van der Waals surface area contributed by atoms with Crippen molar-refractivity contribution >= 4 is 50.7 Å². The molecular weight excluding hydrogens is 628 g/mol. The number of nitro benzene ring substituents is 1. The molecule has 0 amide bonds. The van der Waals surface area contributed by atoms with Crippen molar-refractivity contribution in [3.05, 3.63) is 87.0 Å². The maximum Gasteiger partial charge on any atom is 0.338 e. The number of ether oxygens (including phenoxy) is 3. The number of halogens is 1. The number of rotatable bonds is 8. The summed E-state index contributed by atoms with van der Waals surface area (Å²) in [5.41, 5.74) is 2.15. The summed E-state index contributed by atoms with van der Waals surface area (Å²) in [6, 6.07) is 7.25. The fourth-order valence-electron chi connectivity index (χ4n) is 5.32. The summed E-state index contributed by atoms with van der Waals surface area (Å²) in [6.07, 6.45) is 3.72. The lowest BCUT2D eigenvalue weighted by Crippen LogP contribution is -2.40. The Hall–Kier alpha value is -3.97. The summed E-state index contributed by atoms with van der Waals surface area (Å²) >= 11 is 4.76. The molecule has 3 aromatic rings. The summed E-state index contributed by atoms with van der Waals surface area (Å²) < 4.78 is 18.7. The molecule has 1 fully saturated rings. The van der Waals surface area contributed by atoms with E-state index in [1.165, 1.54) is 30.9 Å². The maximum absolute atomic E-state index is 14.2. The van der Waals surface area contributed by atoms with Crippen molar-refractivity contribution in [3.8, 4) is 11.5 Å². The molecule has 2 aliphatic rings. The summed E-state index contributed by atoms with van der Waals surface area (Å²) in [5.74, 6) is 0.302. The number of nitro groups is 1. The summed E-state index contributed by atoms with van der Waals surface area (Å²) in [6.45, 7) is 5.22. The number of nitrogens with zero attached hydrogens (tertiary/aromatic N) is 4. The molecule has 42 heavy (non-hydrogen) atoms. The van der Waals surface area contributed by atoms with Crippen LogP contribution in [0.4, 0.5) is 11.4 Å². The zero-order valence-corrected chi connectivity index (χ0v) is 25.9. The first-order valence-corrected chi connectivity index (χ1v) is 14.9. The van der Waals surface area contributed by atoms with Gasteiger partial charge in [-0.05, 0) is 56.5 Å². The largest absolute Gasteiger partial charge is 0.493 e. The Morgan fingerprint density at radius 3 is 2.52 bits per heavy atom. The molecule has 0 radical (unpaired) electrons. The van der Waals surface area contributed by atoms with Crippen LogP contribution in [0.15, 0.2) is 55.9 Å². The van der Waals surface area contributed by atoms with Crippen LogP contribution in [0.25, 0.3) is 6.08 Å². The molecule has 2 aliphatic heterocycles. The number of hydrogen-bond acceptors (Lipinski definition) is 10. The first-order chi connectivity index (χ1) is 20.2. The summed E-state index contributed by atoms with van der Waals surface area (Å²) in [4.78, 5) is 45.8. The van der Waals surface area contributed by atoms with E-state index in [9.17, 15) is 19.7 Å². The standard InChI is InChI=1S/C29H29BrN4O7S/c1-5-41-28(36)25-16(2)31-29-33(26(25)19-14-22(39-3)23(40-4)15-20(19)30)27(35)24(42-29)13-17-12-18(34(37)38)8-9-21(17)32-10-6-7-11-32/h8-9,12-15,26H,5-7,10-11H2,1-4H3/t26-/m0/s1. The average molecular weight is 658 g/mol. The van der Waals surface area contributed by atoms with Crippen molar-refractivity contribution in [2.24, 2.45) is 4.99 Å². The average Bonchev–Trinajstić information content (AvgIpc) is 3.60. The van der Waals surface area contributed by atoms with Gasteiger partial charge in [0.05, 0.1) is 47.6 Å². The van der Waals surface area contributed by atoms with E-state index in [0.29, 0.717) is 42.1 Å². The topological polar surface area (TPSA) is 126 Å². The molecule has 2 aromatic carbocycles. The van der Waals surface area contributed by atoms with Crippen LogP contribution in [-0.4, -0.2) is 49.4 Å². The Morgan fingerprint density at radius 1 is 1.19 bits per heavy atom. The molecule has 13 heteroatoms. The van der Waals surface area contributed by atoms with Gasteiger partial charge in [0.25, 0.3) is 11.2 Å². The van der Waals surface area contributed by atoms with Gasteiger partial charge in [0, 0.05) is 40.9 Å². The van der Waals surface area contributed by atoms with E-state index in [0.717, 1.165) is 43.0 Å². The van der Waals surface area contributed by atoms with Gasteiger partial charge in [0.15, 0.2) is 16.3 Å². The Balaban J connectivity index is 1.77. The molecule has 1 atom stereocenters. The van der Waals surface area contributed by atoms with Crippen molar-refractivity contribution in [1.82, 2.24) is 4.57 Å². The number of aromatic nitrogens is 1. The lowest BCUT2D eigenvalue weighted by atomic mass is 9.95. The van der Waals surface area contributed by atoms with Crippen LogP contribution in [0.2, 0.25) is 0 Å². The van der Waals surface area contributed by atoms with Gasteiger partial charge in [-0.1, -0.05) is 27.3 Å². The molecule has 0 N–H and O–H groups in total. The molecule has 5 rings (SSSR count). The minimum Gasteiger partial charge on any atom is -0.493 e. The molecular formula is C29H29BrN4O7S. The van der Waals surface area contributed by atoms with Gasteiger partial charge in [-0.25, -0.2) is 9.79 Å². The fourth-order valence-corrected chi connectivity index (χ4v) is 6.90. The van der Waals surface area contributed by atoms with Gasteiger partial charge in [0.1, 0.15) is 0 Å². The van der Waals surface area contributed by atoms with E-state index in [2.05, 4.69) is 25.8 Å². The summed E-state index contributed by atoms with van der Waals surface area (Å²) in [5, 5.41) is 11.6. The molecule has 0 unspecified atom stereocenters. The third-order valence-corrected chi connectivity index (χ3v) is 8.94. The quantitative estimate of drug-likeness (QED) is 0.202. The Kier molecular flexibility index (Phi) is 8.50. The van der Waals surface area contributed by atoms with Crippen LogP contribution in [0.1, 0.15) is 43.9 Å². The van der Waals surface area contributed by atoms with E-state index < -0.39 is 22.5 Å². The fraction of sp³-hybridized carbons (Fsp3) is 0.345. The van der Waals surface area contributed by atoms with Crippen LogP contribution >= 0.6 is 27.3 Å². The SMILES string of the molecule is CCOC(=O)C1=C(C)N=c2sc(=Cc3cc([N+](=O)[O-])ccc3N3CCCC3)c(=O)n2[C@H]1c1cc(OC)c(OC)cc1Br.